The molecule has 0 aromatic rings. The number of carbonyl (C=O) groups excluding carboxylic acids is 1. The van der Waals surface area contributed by atoms with Gasteiger partial charge in [-0.25, -0.2) is 4.79 Å². The third kappa shape index (κ3) is 6.04. The van der Waals surface area contributed by atoms with Crippen LogP contribution in [-0.4, -0.2) is 69.0 Å². The third-order valence-corrected chi connectivity index (χ3v) is 5.23. The number of amides is 1. The van der Waals surface area contributed by atoms with E-state index in [2.05, 4.69) is 15.6 Å². The van der Waals surface area contributed by atoms with E-state index in [1.807, 2.05) is 20.8 Å². The molecular weight excluding hydrogens is 332 g/mol. The molecule has 2 N–H and O–H groups in total. The molecule has 7 heteroatoms. The Morgan fingerprint density at radius 1 is 1.27 bits per heavy atom. The molecule has 1 saturated heterocycles. The molecule has 7 nitrogen and oxygen atoms in total. The minimum absolute atomic E-state index is 0.215. The lowest BCUT2D eigenvalue weighted by Crippen LogP contribution is -2.63. The van der Waals surface area contributed by atoms with Gasteiger partial charge in [0.05, 0.1) is 6.04 Å². The molecule has 0 spiro atoms. The average molecular weight is 369 g/mol. The first-order valence-electron chi connectivity index (χ1n) is 9.71. The molecule has 2 rings (SSSR count). The highest BCUT2D eigenvalue weighted by Gasteiger charge is 2.36. The number of carbonyl (C=O) groups is 1. The van der Waals surface area contributed by atoms with E-state index >= 15 is 0 Å². The van der Waals surface area contributed by atoms with Gasteiger partial charge in [-0.1, -0.05) is 12.8 Å². The lowest BCUT2D eigenvalue weighted by molar-refractivity contribution is 0.00700. The number of methoxy groups -OCH3 is 1. The van der Waals surface area contributed by atoms with Gasteiger partial charge in [0.2, 0.25) is 0 Å². The van der Waals surface area contributed by atoms with E-state index in [1.54, 1.807) is 19.1 Å². The maximum Gasteiger partial charge on any atom is 0.410 e. The van der Waals surface area contributed by atoms with Crippen molar-refractivity contribution in [2.24, 2.45) is 10.4 Å². The van der Waals surface area contributed by atoms with Gasteiger partial charge in [0.15, 0.2) is 5.96 Å². The second-order valence-electron chi connectivity index (χ2n) is 8.60. The number of hydrogen-bond acceptors (Lipinski definition) is 4. The summed E-state index contributed by atoms with van der Waals surface area (Å²) in [5.74, 6) is 0.808. The van der Waals surface area contributed by atoms with Crippen LogP contribution >= 0.6 is 0 Å². The zero-order valence-electron chi connectivity index (χ0n) is 17.1. The largest absolute Gasteiger partial charge is 0.444 e. The van der Waals surface area contributed by atoms with Crippen molar-refractivity contribution in [3.63, 3.8) is 0 Å². The lowest BCUT2D eigenvalue weighted by Gasteiger charge is -2.40. The number of guanidine groups is 1. The highest BCUT2D eigenvalue weighted by Crippen LogP contribution is 2.40. The first-order chi connectivity index (χ1) is 12.3. The Morgan fingerprint density at radius 3 is 2.46 bits per heavy atom. The molecule has 1 amide bonds. The Morgan fingerprint density at radius 2 is 1.92 bits per heavy atom. The number of ether oxygens (including phenoxy) is 2. The topological polar surface area (TPSA) is 75.2 Å². The van der Waals surface area contributed by atoms with Crippen molar-refractivity contribution < 1.29 is 14.3 Å². The van der Waals surface area contributed by atoms with Crippen molar-refractivity contribution in [2.45, 2.75) is 64.5 Å². The van der Waals surface area contributed by atoms with Gasteiger partial charge in [-0.05, 0) is 45.4 Å². The van der Waals surface area contributed by atoms with Gasteiger partial charge in [-0.3, -0.25) is 4.99 Å². The first-order valence-corrected chi connectivity index (χ1v) is 9.71. The van der Waals surface area contributed by atoms with Gasteiger partial charge in [0.1, 0.15) is 5.60 Å². The fourth-order valence-electron chi connectivity index (χ4n) is 3.66. The van der Waals surface area contributed by atoms with Gasteiger partial charge in [0, 0.05) is 40.4 Å². The summed E-state index contributed by atoms with van der Waals surface area (Å²) >= 11 is 0. The van der Waals surface area contributed by atoms with Crippen LogP contribution in [0.3, 0.4) is 0 Å². The molecule has 1 saturated carbocycles. The van der Waals surface area contributed by atoms with Crippen LogP contribution in [0.4, 0.5) is 4.79 Å². The molecule has 2 aliphatic rings. The summed E-state index contributed by atoms with van der Waals surface area (Å²) in [6.07, 6.45) is 5.92. The van der Waals surface area contributed by atoms with Gasteiger partial charge < -0.3 is 25.0 Å². The minimum atomic E-state index is -0.453. The molecule has 0 unspecified atom stereocenters. The second kappa shape index (κ2) is 8.93. The Balaban J connectivity index is 1.74. The SMILES string of the molecule is CN=C(NCC1(CCOC)CCCC1)NC1CN(C(=O)OC(C)(C)C)C1. The predicted octanol–water partition coefficient (Wildman–Crippen LogP) is 2.37. The molecule has 150 valence electrons. The molecule has 0 radical (unpaired) electrons. The fourth-order valence-corrected chi connectivity index (χ4v) is 3.66. The van der Waals surface area contributed by atoms with Crippen LogP contribution in [0.1, 0.15) is 52.9 Å². The van der Waals surface area contributed by atoms with E-state index < -0.39 is 5.60 Å². The van der Waals surface area contributed by atoms with Crippen LogP contribution in [0.15, 0.2) is 4.99 Å². The second-order valence-corrected chi connectivity index (χ2v) is 8.60. The fraction of sp³-hybridized carbons (Fsp3) is 0.895. The van der Waals surface area contributed by atoms with Crippen molar-refractivity contribution in [3.8, 4) is 0 Å². The molecule has 1 heterocycles. The molecular formula is C19H36N4O3. The summed E-state index contributed by atoms with van der Waals surface area (Å²) in [5.41, 5.74) is -0.138. The number of rotatable bonds is 6. The van der Waals surface area contributed by atoms with Crippen LogP contribution < -0.4 is 10.6 Å². The number of likely N-dealkylation sites (tertiary alicyclic amines) is 1. The van der Waals surface area contributed by atoms with Crippen molar-refractivity contribution in [3.05, 3.63) is 0 Å². The third-order valence-electron chi connectivity index (χ3n) is 5.23. The van der Waals surface area contributed by atoms with Gasteiger partial charge >= 0.3 is 6.09 Å². The zero-order valence-corrected chi connectivity index (χ0v) is 17.1. The summed E-state index contributed by atoms with van der Waals surface area (Å²) in [4.78, 5) is 18.1. The van der Waals surface area contributed by atoms with E-state index in [9.17, 15) is 4.79 Å². The average Bonchev–Trinajstić information content (AvgIpc) is 2.98. The molecule has 0 aromatic heterocycles. The molecule has 0 bridgehead atoms. The Labute approximate surface area is 157 Å². The maximum absolute atomic E-state index is 12.0. The molecule has 1 aliphatic carbocycles. The number of nitrogens with zero attached hydrogens (tertiary/aromatic N) is 2. The van der Waals surface area contributed by atoms with E-state index in [4.69, 9.17) is 9.47 Å². The Hall–Kier alpha value is -1.50. The van der Waals surface area contributed by atoms with Crippen LogP contribution in [0.2, 0.25) is 0 Å². The summed E-state index contributed by atoms with van der Waals surface area (Å²) in [5, 5.41) is 6.90. The minimum Gasteiger partial charge on any atom is -0.444 e. The Kier molecular flexibility index (Phi) is 7.15. The maximum atomic E-state index is 12.0. The van der Waals surface area contributed by atoms with Crippen molar-refractivity contribution >= 4 is 12.1 Å². The van der Waals surface area contributed by atoms with Crippen molar-refractivity contribution in [1.82, 2.24) is 15.5 Å². The van der Waals surface area contributed by atoms with Crippen LogP contribution in [0, 0.1) is 5.41 Å². The van der Waals surface area contributed by atoms with Crippen LogP contribution in [0.5, 0.6) is 0 Å². The molecule has 0 aromatic carbocycles. The number of hydrogen-bond donors (Lipinski definition) is 2. The number of aliphatic imine (C=N–C) groups is 1. The van der Waals surface area contributed by atoms with E-state index in [1.165, 1.54) is 25.7 Å². The smallest absolute Gasteiger partial charge is 0.410 e. The summed E-state index contributed by atoms with van der Waals surface area (Å²) in [6.45, 7) is 8.66. The first kappa shape index (κ1) is 20.8. The van der Waals surface area contributed by atoms with E-state index in [0.29, 0.717) is 18.5 Å². The van der Waals surface area contributed by atoms with Crippen molar-refractivity contribution in [1.29, 1.82) is 0 Å². The highest BCUT2D eigenvalue weighted by molar-refractivity contribution is 5.80. The quantitative estimate of drug-likeness (QED) is 0.556. The molecule has 26 heavy (non-hydrogen) atoms. The van der Waals surface area contributed by atoms with E-state index in [0.717, 1.165) is 25.5 Å². The predicted molar refractivity (Wildman–Crippen MR) is 103 cm³/mol. The normalized spacial score (nSPS) is 20.7. The summed E-state index contributed by atoms with van der Waals surface area (Å²) in [7, 11) is 3.56. The Bertz CT molecular complexity index is 490. The summed E-state index contributed by atoms with van der Waals surface area (Å²) in [6, 6.07) is 0.215. The lowest BCUT2D eigenvalue weighted by atomic mass is 9.83. The highest BCUT2D eigenvalue weighted by atomic mass is 16.6. The standard InChI is InChI=1S/C19H36N4O3/c1-18(2,3)26-17(24)23-12-15(13-23)22-16(20-4)21-14-19(10-11-25-5)8-6-7-9-19/h15H,6-14H2,1-5H3,(H2,20,21,22). The van der Waals surface area contributed by atoms with Crippen LogP contribution in [-0.2, 0) is 9.47 Å². The summed E-state index contributed by atoms with van der Waals surface area (Å²) < 4.78 is 10.7. The number of nitrogens with one attached hydrogen (secondary N) is 2. The monoisotopic (exact) mass is 368 g/mol. The van der Waals surface area contributed by atoms with Gasteiger partial charge in [-0.15, -0.1) is 0 Å². The zero-order chi connectivity index (χ0) is 19.2. The van der Waals surface area contributed by atoms with Gasteiger partial charge in [0.25, 0.3) is 0 Å². The van der Waals surface area contributed by atoms with Crippen molar-refractivity contribution in [2.75, 3.05) is 40.4 Å². The van der Waals surface area contributed by atoms with Gasteiger partial charge in [-0.2, -0.15) is 0 Å². The van der Waals surface area contributed by atoms with Crippen LogP contribution in [0.25, 0.3) is 0 Å². The molecule has 1 aliphatic heterocycles. The van der Waals surface area contributed by atoms with E-state index in [-0.39, 0.29) is 12.1 Å². The molecule has 0 atom stereocenters. The molecule has 2 fully saturated rings.